The number of aromatic nitrogens is 3. The summed E-state index contributed by atoms with van der Waals surface area (Å²) in [7, 11) is 4.35. The van der Waals surface area contributed by atoms with E-state index < -0.39 is 5.91 Å². The van der Waals surface area contributed by atoms with Gasteiger partial charge in [0.15, 0.2) is 17.3 Å². The van der Waals surface area contributed by atoms with E-state index in [1.54, 1.807) is 12.1 Å². The second kappa shape index (κ2) is 11.2. The number of H-pyrrole nitrogens is 1. The second-order valence-corrected chi connectivity index (χ2v) is 8.73. The summed E-state index contributed by atoms with van der Waals surface area (Å²) in [5.74, 6) is 0.105. The first-order chi connectivity index (χ1) is 18.2. The molecule has 200 valence electrons. The normalized spacial score (nSPS) is 13.6. The Morgan fingerprint density at radius 3 is 2.53 bits per heavy atom. The maximum absolute atomic E-state index is 13.7. The molecule has 0 atom stereocenters. The molecule has 1 aliphatic rings. The average Bonchev–Trinajstić information content (AvgIpc) is 3.46. The molecule has 0 fully saturated rings. The van der Waals surface area contributed by atoms with Crippen molar-refractivity contribution in [3.05, 3.63) is 50.9 Å². The van der Waals surface area contributed by atoms with Crippen LogP contribution in [0.15, 0.2) is 18.3 Å². The zero-order valence-electron chi connectivity index (χ0n) is 20.6. The predicted octanol–water partition coefficient (Wildman–Crippen LogP) is 2.53. The number of nitrogens with zero attached hydrogens (tertiary/aromatic N) is 3. The predicted molar refractivity (Wildman–Crippen MR) is 142 cm³/mol. The van der Waals surface area contributed by atoms with E-state index in [0.29, 0.717) is 22.6 Å². The fourth-order valence-electron chi connectivity index (χ4n) is 4.08. The number of hydrogen-bond donors (Lipinski definition) is 4. The van der Waals surface area contributed by atoms with Crippen LogP contribution in [0.5, 0.6) is 17.2 Å². The number of aliphatic hydroxyl groups excluding tert-OH is 1. The molecular weight excluding hydrogens is 539 g/mol. The number of nitrogens with one attached hydrogen (secondary N) is 2. The highest BCUT2D eigenvalue weighted by atomic mass is 35.5. The van der Waals surface area contributed by atoms with E-state index in [4.69, 9.17) is 48.3 Å². The van der Waals surface area contributed by atoms with Gasteiger partial charge < -0.3 is 35.4 Å². The lowest BCUT2D eigenvalue weighted by molar-refractivity contribution is -0.113. The number of halogens is 2. The second-order valence-electron chi connectivity index (χ2n) is 7.96. The number of anilines is 2. The van der Waals surface area contributed by atoms with E-state index in [1.165, 1.54) is 38.5 Å². The molecule has 0 radical (unpaired) electrons. The van der Waals surface area contributed by atoms with Gasteiger partial charge in [0.2, 0.25) is 11.7 Å². The number of nitrogens with two attached hydrogens (primary N) is 1. The summed E-state index contributed by atoms with van der Waals surface area (Å²) >= 11 is 12.8. The van der Waals surface area contributed by atoms with Crippen molar-refractivity contribution in [1.82, 2.24) is 20.3 Å². The molecule has 5 N–H and O–H groups in total. The van der Waals surface area contributed by atoms with Crippen LogP contribution in [0, 0.1) is 0 Å². The number of nitrogen functional groups attached to an aromatic ring is 1. The van der Waals surface area contributed by atoms with Gasteiger partial charge in [0.25, 0.3) is 11.8 Å². The third-order valence-corrected chi connectivity index (χ3v) is 6.25. The number of methoxy groups -OCH3 is 3. The van der Waals surface area contributed by atoms with Crippen LogP contribution < -0.4 is 30.2 Å². The summed E-state index contributed by atoms with van der Waals surface area (Å²) in [6.07, 6.45) is 3.02. The van der Waals surface area contributed by atoms with Crippen molar-refractivity contribution in [3.8, 4) is 17.2 Å². The van der Waals surface area contributed by atoms with Crippen molar-refractivity contribution in [2.45, 2.75) is 6.54 Å². The standard InChI is InChI=1S/C24H24Cl2N6O6/c1-36-17-12(7-15(25)18(37-2)19(17)38-3)10-32-21-16(20(26)30-24(27)31-21)14(23(32)35)8-13-6-11(9-29-13)22(34)28-4-5-33/h6-9,29,33H,4-5,10H2,1-3H3,(H,28,34)(H2,27,30,31)/b14-8-. The molecule has 0 saturated carbocycles. The first-order valence-electron chi connectivity index (χ1n) is 11.2. The Kier molecular flexibility index (Phi) is 7.95. The topological polar surface area (TPSA) is 165 Å². The van der Waals surface area contributed by atoms with Crippen LogP contribution >= 0.6 is 23.2 Å². The largest absolute Gasteiger partial charge is 0.492 e. The van der Waals surface area contributed by atoms with Crippen LogP contribution in [0.3, 0.4) is 0 Å². The summed E-state index contributed by atoms with van der Waals surface area (Å²) < 4.78 is 16.4. The highest BCUT2D eigenvalue weighted by molar-refractivity contribution is 6.41. The molecule has 14 heteroatoms. The summed E-state index contributed by atoms with van der Waals surface area (Å²) in [5, 5.41) is 11.7. The van der Waals surface area contributed by atoms with Gasteiger partial charge in [-0.1, -0.05) is 23.2 Å². The number of rotatable bonds is 9. The van der Waals surface area contributed by atoms with Crippen LogP contribution in [0.2, 0.25) is 10.2 Å². The Bertz CT molecular complexity index is 1440. The van der Waals surface area contributed by atoms with Gasteiger partial charge in [-0.3, -0.25) is 14.5 Å². The van der Waals surface area contributed by atoms with Crippen molar-refractivity contribution < 1.29 is 28.9 Å². The molecule has 0 saturated heterocycles. The number of aromatic amines is 1. The Hall–Kier alpha value is -4.00. The first-order valence-corrected chi connectivity index (χ1v) is 11.9. The highest BCUT2D eigenvalue weighted by Crippen LogP contribution is 2.47. The molecule has 0 spiro atoms. The quantitative estimate of drug-likeness (QED) is 0.226. The smallest absolute Gasteiger partial charge is 0.260 e. The Morgan fingerprint density at radius 1 is 1.16 bits per heavy atom. The number of aliphatic hydroxyl groups is 1. The number of carbonyl (C=O) groups excluding carboxylic acids is 2. The number of amides is 2. The maximum atomic E-state index is 13.7. The zero-order valence-corrected chi connectivity index (χ0v) is 22.1. The molecule has 0 aliphatic carbocycles. The van der Waals surface area contributed by atoms with Gasteiger partial charge in [0.1, 0.15) is 5.15 Å². The lowest BCUT2D eigenvalue weighted by atomic mass is 10.1. The third-order valence-electron chi connectivity index (χ3n) is 5.69. The van der Waals surface area contributed by atoms with Gasteiger partial charge in [0.05, 0.1) is 56.2 Å². The van der Waals surface area contributed by atoms with Crippen molar-refractivity contribution in [3.63, 3.8) is 0 Å². The van der Waals surface area contributed by atoms with Crippen LogP contribution in [0.25, 0.3) is 11.6 Å². The molecular formula is C24H24Cl2N6O6. The molecule has 3 aromatic rings. The van der Waals surface area contributed by atoms with Crippen LogP contribution in [0.1, 0.15) is 27.2 Å². The fraction of sp³-hybridized carbons (Fsp3) is 0.250. The SMILES string of the molecule is COc1c(Cl)cc(CN2C(=O)/C(=C\c3cc(C(=O)NCCO)c[nH]3)c3c(Cl)nc(N)nc32)c(OC)c1OC. The van der Waals surface area contributed by atoms with E-state index in [9.17, 15) is 9.59 Å². The molecule has 1 aliphatic heterocycles. The minimum atomic E-state index is -0.448. The van der Waals surface area contributed by atoms with Crippen LogP contribution in [0.4, 0.5) is 11.8 Å². The number of carbonyl (C=O) groups is 2. The average molecular weight is 563 g/mol. The molecule has 4 rings (SSSR count). The first kappa shape index (κ1) is 27.0. The lowest BCUT2D eigenvalue weighted by Crippen LogP contribution is -2.27. The van der Waals surface area contributed by atoms with E-state index in [2.05, 4.69) is 20.3 Å². The minimum Gasteiger partial charge on any atom is -0.492 e. The zero-order chi connectivity index (χ0) is 27.6. The van der Waals surface area contributed by atoms with Crippen molar-refractivity contribution in [2.24, 2.45) is 0 Å². The summed E-state index contributed by atoms with van der Waals surface area (Å²) in [5.41, 5.74) is 7.59. The van der Waals surface area contributed by atoms with E-state index in [0.717, 1.165) is 0 Å². The molecule has 2 aromatic heterocycles. The van der Waals surface area contributed by atoms with Gasteiger partial charge in [-0.25, -0.2) is 4.98 Å². The summed E-state index contributed by atoms with van der Waals surface area (Å²) in [4.78, 5) is 38.5. The Balaban J connectivity index is 1.78. The van der Waals surface area contributed by atoms with Gasteiger partial charge in [-0.2, -0.15) is 4.98 Å². The third kappa shape index (κ3) is 4.93. The molecule has 38 heavy (non-hydrogen) atoms. The van der Waals surface area contributed by atoms with Gasteiger partial charge >= 0.3 is 0 Å². The van der Waals surface area contributed by atoms with E-state index >= 15 is 0 Å². The molecule has 0 bridgehead atoms. The van der Waals surface area contributed by atoms with Crippen LogP contribution in [-0.4, -0.2) is 66.4 Å². The van der Waals surface area contributed by atoms with Gasteiger partial charge in [-0.15, -0.1) is 0 Å². The molecule has 1 aromatic carbocycles. The Morgan fingerprint density at radius 2 is 1.87 bits per heavy atom. The van der Waals surface area contributed by atoms with E-state index in [1.807, 2.05) is 0 Å². The molecule has 2 amide bonds. The summed E-state index contributed by atoms with van der Waals surface area (Å²) in [6.45, 7) is -0.107. The van der Waals surface area contributed by atoms with Crippen LogP contribution in [-0.2, 0) is 11.3 Å². The Labute approximate surface area is 227 Å². The molecule has 0 unspecified atom stereocenters. The molecule has 3 heterocycles. The van der Waals surface area contributed by atoms with Gasteiger partial charge in [0, 0.05) is 24.0 Å². The molecule has 12 nitrogen and oxygen atoms in total. The van der Waals surface area contributed by atoms with Gasteiger partial charge in [-0.05, 0) is 18.2 Å². The number of ether oxygens (including phenoxy) is 3. The number of hydrogen-bond acceptors (Lipinski definition) is 9. The highest BCUT2D eigenvalue weighted by Gasteiger charge is 2.38. The lowest BCUT2D eigenvalue weighted by Gasteiger charge is -2.21. The van der Waals surface area contributed by atoms with E-state index in [-0.39, 0.29) is 70.2 Å². The monoisotopic (exact) mass is 562 g/mol. The number of fused-ring (bicyclic) bond motifs is 1. The van der Waals surface area contributed by atoms with Crippen molar-refractivity contribution >= 4 is 58.4 Å². The minimum absolute atomic E-state index is 0.0145. The van der Waals surface area contributed by atoms with Crippen molar-refractivity contribution in [1.29, 1.82) is 0 Å². The number of benzene rings is 1. The fourth-order valence-corrected chi connectivity index (χ4v) is 4.64. The maximum Gasteiger partial charge on any atom is 0.260 e. The summed E-state index contributed by atoms with van der Waals surface area (Å²) in [6, 6.07) is 3.16. The van der Waals surface area contributed by atoms with Crippen molar-refractivity contribution in [2.75, 3.05) is 45.1 Å².